The molecule has 0 aliphatic heterocycles. The van der Waals surface area contributed by atoms with E-state index in [1.165, 1.54) is 0 Å². The van der Waals surface area contributed by atoms with Gasteiger partial charge in [0, 0.05) is 18.9 Å². The standard InChI is InChI=1S/C19H24ClN3O4/c1-3-7-15(23-27-4-2)18-16(24)10-12(11-17(18)25)21-19(26)22-14-9-6-5-8-13(14)20/h5-6,8-9,12,18H,3-4,7,10-11H2,1-2H3,(H2,21,22,26). The zero-order chi connectivity index (χ0) is 19.8. The molecule has 0 atom stereocenters. The van der Waals surface area contributed by atoms with Crippen molar-refractivity contribution in [3.8, 4) is 0 Å². The van der Waals surface area contributed by atoms with Gasteiger partial charge in [-0.2, -0.15) is 0 Å². The molecule has 1 aliphatic carbocycles. The molecule has 2 amide bonds. The van der Waals surface area contributed by atoms with Gasteiger partial charge >= 0.3 is 6.03 Å². The molecular weight excluding hydrogens is 370 g/mol. The Balaban J connectivity index is 1.99. The summed E-state index contributed by atoms with van der Waals surface area (Å²) in [6, 6.07) is 5.75. The van der Waals surface area contributed by atoms with Crippen LogP contribution in [0.1, 0.15) is 39.5 Å². The third-order valence-corrected chi connectivity index (χ3v) is 4.48. The van der Waals surface area contributed by atoms with Gasteiger partial charge < -0.3 is 15.5 Å². The zero-order valence-corrected chi connectivity index (χ0v) is 16.2. The van der Waals surface area contributed by atoms with Gasteiger partial charge in [-0.1, -0.05) is 42.2 Å². The van der Waals surface area contributed by atoms with Gasteiger partial charge in [0.1, 0.15) is 12.5 Å². The molecule has 146 valence electrons. The van der Waals surface area contributed by atoms with Crippen LogP contribution in [0, 0.1) is 5.92 Å². The van der Waals surface area contributed by atoms with E-state index in [1.54, 1.807) is 31.2 Å². The van der Waals surface area contributed by atoms with Crippen LogP contribution in [0.2, 0.25) is 5.02 Å². The number of ketones is 2. The van der Waals surface area contributed by atoms with Crippen molar-refractivity contribution in [1.29, 1.82) is 0 Å². The molecule has 8 heteroatoms. The fourth-order valence-corrected chi connectivity index (χ4v) is 3.18. The van der Waals surface area contributed by atoms with Crippen LogP contribution in [0.25, 0.3) is 0 Å². The number of para-hydroxylation sites is 1. The number of nitrogens with zero attached hydrogens (tertiary/aromatic N) is 1. The highest BCUT2D eigenvalue weighted by Crippen LogP contribution is 2.23. The lowest BCUT2D eigenvalue weighted by Crippen LogP contribution is -2.48. The molecule has 0 spiro atoms. The Bertz CT molecular complexity index is 717. The molecule has 0 radical (unpaired) electrons. The molecule has 1 aliphatic rings. The molecule has 1 saturated carbocycles. The lowest BCUT2D eigenvalue weighted by molar-refractivity contribution is -0.133. The Hall–Kier alpha value is -2.41. The largest absolute Gasteiger partial charge is 0.396 e. The first-order valence-corrected chi connectivity index (χ1v) is 9.40. The van der Waals surface area contributed by atoms with Crippen LogP contribution in [0.5, 0.6) is 0 Å². The molecule has 2 rings (SSSR count). The predicted octanol–water partition coefficient (Wildman–Crippen LogP) is 3.57. The highest BCUT2D eigenvalue weighted by atomic mass is 35.5. The van der Waals surface area contributed by atoms with Gasteiger partial charge in [0.2, 0.25) is 0 Å². The van der Waals surface area contributed by atoms with Crippen molar-refractivity contribution in [3.05, 3.63) is 29.3 Å². The SMILES string of the molecule is CCCC(=NOCC)C1C(=O)CC(NC(=O)Nc2ccccc2Cl)CC1=O. The molecule has 1 fully saturated rings. The Labute approximate surface area is 163 Å². The molecule has 0 saturated heterocycles. The number of anilines is 1. The third-order valence-electron chi connectivity index (χ3n) is 4.15. The number of Topliss-reactive ketones (excluding diaryl/α,β-unsaturated/α-hetero) is 2. The first kappa shape index (κ1) is 20.9. The van der Waals surface area contributed by atoms with E-state index in [1.807, 2.05) is 6.92 Å². The van der Waals surface area contributed by atoms with Crippen LogP contribution in [0.4, 0.5) is 10.5 Å². The number of hydrogen-bond donors (Lipinski definition) is 2. The molecule has 0 aromatic heterocycles. The fourth-order valence-electron chi connectivity index (χ4n) is 3.00. The summed E-state index contributed by atoms with van der Waals surface area (Å²) in [5, 5.41) is 9.66. The second-order valence-electron chi connectivity index (χ2n) is 6.30. The van der Waals surface area contributed by atoms with Gasteiger partial charge in [-0.3, -0.25) is 9.59 Å². The van der Waals surface area contributed by atoms with Crippen molar-refractivity contribution in [3.63, 3.8) is 0 Å². The van der Waals surface area contributed by atoms with E-state index < -0.39 is 18.0 Å². The normalized spacial score (nSPS) is 20.3. The fraction of sp³-hybridized carbons (Fsp3) is 0.474. The Morgan fingerprint density at radius 2 is 1.89 bits per heavy atom. The second kappa shape index (κ2) is 10.1. The summed E-state index contributed by atoms with van der Waals surface area (Å²) in [6.45, 7) is 4.10. The number of oxime groups is 1. The van der Waals surface area contributed by atoms with Gasteiger partial charge in [0.15, 0.2) is 11.6 Å². The van der Waals surface area contributed by atoms with Crippen molar-refractivity contribution in [2.75, 3.05) is 11.9 Å². The average Bonchev–Trinajstić information content (AvgIpc) is 2.61. The first-order valence-electron chi connectivity index (χ1n) is 9.02. The average molecular weight is 394 g/mol. The molecule has 1 aromatic rings. The number of amides is 2. The van der Waals surface area contributed by atoms with Crippen molar-refractivity contribution in [1.82, 2.24) is 5.32 Å². The summed E-state index contributed by atoms with van der Waals surface area (Å²) in [5.74, 6) is -1.37. The molecular formula is C19H24ClN3O4. The Kier molecular flexibility index (Phi) is 7.79. The summed E-state index contributed by atoms with van der Waals surface area (Å²) in [4.78, 5) is 42.3. The number of benzene rings is 1. The highest BCUT2D eigenvalue weighted by molar-refractivity contribution is 6.33. The number of carbonyl (C=O) groups is 3. The summed E-state index contributed by atoms with van der Waals surface area (Å²) in [7, 11) is 0. The molecule has 0 unspecified atom stereocenters. The lowest BCUT2D eigenvalue weighted by atomic mass is 9.80. The van der Waals surface area contributed by atoms with Gasteiger partial charge in [0.05, 0.1) is 16.4 Å². The van der Waals surface area contributed by atoms with Crippen molar-refractivity contribution in [2.45, 2.75) is 45.6 Å². The minimum atomic E-state index is -0.874. The van der Waals surface area contributed by atoms with Crippen LogP contribution >= 0.6 is 11.6 Å². The van der Waals surface area contributed by atoms with E-state index >= 15 is 0 Å². The number of rotatable bonds is 7. The highest BCUT2D eigenvalue weighted by Gasteiger charge is 2.39. The predicted molar refractivity (Wildman–Crippen MR) is 104 cm³/mol. The van der Waals surface area contributed by atoms with Crippen LogP contribution in [-0.4, -0.2) is 36.0 Å². The minimum Gasteiger partial charge on any atom is -0.396 e. The number of carbonyl (C=O) groups excluding carboxylic acids is 3. The van der Waals surface area contributed by atoms with Gasteiger partial charge in [-0.15, -0.1) is 0 Å². The quantitative estimate of drug-likeness (QED) is 0.420. The van der Waals surface area contributed by atoms with Crippen LogP contribution in [0.3, 0.4) is 0 Å². The van der Waals surface area contributed by atoms with E-state index in [0.29, 0.717) is 29.4 Å². The molecule has 7 nitrogen and oxygen atoms in total. The number of urea groups is 1. The first-order chi connectivity index (χ1) is 13.0. The third kappa shape index (κ3) is 5.79. The van der Waals surface area contributed by atoms with Crippen LogP contribution in [0.15, 0.2) is 29.4 Å². The molecule has 27 heavy (non-hydrogen) atoms. The van der Waals surface area contributed by atoms with Crippen LogP contribution in [-0.2, 0) is 14.4 Å². The Morgan fingerprint density at radius 3 is 2.48 bits per heavy atom. The maximum absolute atomic E-state index is 12.5. The second-order valence-corrected chi connectivity index (χ2v) is 6.71. The van der Waals surface area contributed by atoms with E-state index in [4.69, 9.17) is 16.4 Å². The Morgan fingerprint density at radius 1 is 1.22 bits per heavy atom. The van der Waals surface area contributed by atoms with Crippen LogP contribution < -0.4 is 10.6 Å². The van der Waals surface area contributed by atoms with Crippen molar-refractivity contribution >= 4 is 40.6 Å². The number of hydrogen-bond acceptors (Lipinski definition) is 5. The maximum atomic E-state index is 12.5. The summed E-state index contributed by atoms with van der Waals surface area (Å²) in [5.41, 5.74) is 0.922. The smallest absolute Gasteiger partial charge is 0.319 e. The van der Waals surface area contributed by atoms with E-state index in [9.17, 15) is 14.4 Å². The maximum Gasteiger partial charge on any atom is 0.319 e. The molecule has 1 aromatic carbocycles. The lowest BCUT2D eigenvalue weighted by Gasteiger charge is -2.27. The zero-order valence-electron chi connectivity index (χ0n) is 15.5. The van der Waals surface area contributed by atoms with Crippen molar-refractivity contribution < 1.29 is 19.2 Å². The summed E-state index contributed by atoms with van der Waals surface area (Å²) >= 11 is 6.01. The van der Waals surface area contributed by atoms with Crippen molar-refractivity contribution in [2.24, 2.45) is 11.1 Å². The van der Waals surface area contributed by atoms with E-state index in [0.717, 1.165) is 6.42 Å². The van der Waals surface area contributed by atoms with Gasteiger partial charge in [0.25, 0.3) is 0 Å². The monoisotopic (exact) mass is 393 g/mol. The molecule has 2 N–H and O–H groups in total. The van der Waals surface area contributed by atoms with E-state index in [-0.39, 0.29) is 24.4 Å². The van der Waals surface area contributed by atoms with Gasteiger partial charge in [-0.25, -0.2) is 4.79 Å². The number of halogens is 1. The minimum absolute atomic E-state index is 0.0706. The number of nitrogens with one attached hydrogen (secondary N) is 2. The topological polar surface area (TPSA) is 96.9 Å². The summed E-state index contributed by atoms with van der Waals surface area (Å²) < 4.78 is 0. The molecule has 0 heterocycles. The molecule has 0 bridgehead atoms. The summed E-state index contributed by atoms with van der Waals surface area (Å²) in [6.07, 6.45) is 1.42. The van der Waals surface area contributed by atoms with E-state index in [2.05, 4.69) is 15.8 Å². The van der Waals surface area contributed by atoms with Gasteiger partial charge in [-0.05, 0) is 25.5 Å².